The number of urea groups is 1. The van der Waals surface area contributed by atoms with Gasteiger partial charge in [-0.3, -0.25) is 4.79 Å². The highest BCUT2D eigenvalue weighted by Gasteiger charge is 2.60. The number of rotatable bonds is 3. The van der Waals surface area contributed by atoms with Crippen molar-refractivity contribution in [2.24, 2.45) is 5.92 Å². The molecule has 0 saturated carbocycles. The lowest BCUT2D eigenvalue weighted by Gasteiger charge is -2.52. The normalized spacial score (nSPS) is 40.0. The number of fused-ring (bicyclic) bond motifs is 1. The van der Waals surface area contributed by atoms with E-state index in [1.807, 2.05) is 6.92 Å². The van der Waals surface area contributed by atoms with Crippen LogP contribution in [0.3, 0.4) is 0 Å². The summed E-state index contributed by atoms with van der Waals surface area (Å²) in [6.07, 6.45) is 4.50. The van der Waals surface area contributed by atoms with Crippen molar-refractivity contribution in [3.63, 3.8) is 0 Å². The maximum Gasteiger partial charge on any atom is 0.320 e. The molecule has 5 atom stereocenters. The molecule has 0 radical (unpaired) electrons. The van der Waals surface area contributed by atoms with Gasteiger partial charge in [0.25, 0.3) is 0 Å². The standard InChI is InChI=1S/C16H26N2O5/c1-10-4-3-8-16(23-10)13(14(20)22-2)12-6-5-11(7-9-19)18(12)15(21)17-16/h10-13,19H,3-9H2,1-2H3,(H,17,21)/t10-,11+,12-,13+,16-/m0/s1. The Morgan fingerprint density at radius 2 is 2.26 bits per heavy atom. The number of aliphatic hydroxyl groups excluding tert-OH is 1. The smallest absolute Gasteiger partial charge is 0.320 e. The third-order valence-corrected chi connectivity index (χ3v) is 5.47. The van der Waals surface area contributed by atoms with Gasteiger partial charge in [0.05, 0.1) is 19.3 Å². The largest absolute Gasteiger partial charge is 0.469 e. The first-order valence-electron chi connectivity index (χ1n) is 8.49. The molecule has 1 spiro atoms. The van der Waals surface area contributed by atoms with Gasteiger partial charge in [-0.25, -0.2) is 4.79 Å². The molecule has 3 rings (SSSR count). The first kappa shape index (κ1) is 16.5. The summed E-state index contributed by atoms with van der Waals surface area (Å²) in [6.45, 7) is 2.00. The van der Waals surface area contributed by atoms with Gasteiger partial charge in [0, 0.05) is 12.6 Å². The topological polar surface area (TPSA) is 88.1 Å². The third kappa shape index (κ3) is 2.70. The van der Waals surface area contributed by atoms with Crippen LogP contribution in [0.2, 0.25) is 0 Å². The van der Waals surface area contributed by atoms with Gasteiger partial charge >= 0.3 is 12.0 Å². The molecule has 3 fully saturated rings. The lowest BCUT2D eigenvalue weighted by Crippen LogP contribution is -2.72. The Kier molecular flexibility index (Phi) is 4.51. The van der Waals surface area contributed by atoms with Gasteiger partial charge < -0.3 is 24.8 Å². The Bertz CT molecular complexity index is 485. The number of aliphatic hydroxyl groups is 1. The number of hydrogen-bond acceptors (Lipinski definition) is 5. The second kappa shape index (κ2) is 6.28. The van der Waals surface area contributed by atoms with E-state index in [0.29, 0.717) is 12.8 Å². The molecule has 0 unspecified atom stereocenters. The van der Waals surface area contributed by atoms with Crippen molar-refractivity contribution in [3.8, 4) is 0 Å². The zero-order chi connectivity index (χ0) is 16.6. The van der Waals surface area contributed by atoms with Crippen LogP contribution in [0.5, 0.6) is 0 Å². The van der Waals surface area contributed by atoms with E-state index in [1.54, 1.807) is 4.90 Å². The summed E-state index contributed by atoms with van der Waals surface area (Å²) in [5.41, 5.74) is -0.961. The van der Waals surface area contributed by atoms with Crippen molar-refractivity contribution < 1.29 is 24.2 Å². The number of esters is 1. The molecule has 3 aliphatic rings. The number of amides is 2. The van der Waals surface area contributed by atoms with Gasteiger partial charge in [-0.2, -0.15) is 0 Å². The summed E-state index contributed by atoms with van der Waals surface area (Å²) in [4.78, 5) is 27.0. The van der Waals surface area contributed by atoms with Crippen molar-refractivity contribution in [1.29, 1.82) is 0 Å². The molecular formula is C16H26N2O5. The molecule has 7 heteroatoms. The fourth-order valence-corrected chi connectivity index (χ4v) is 4.55. The maximum absolute atomic E-state index is 12.7. The van der Waals surface area contributed by atoms with Crippen LogP contribution in [0.15, 0.2) is 0 Å². The predicted octanol–water partition coefficient (Wildman–Crippen LogP) is 0.999. The van der Waals surface area contributed by atoms with Crippen LogP contribution >= 0.6 is 0 Å². The number of ether oxygens (including phenoxy) is 2. The Balaban J connectivity index is 1.94. The summed E-state index contributed by atoms with van der Waals surface area (Å²) in [5, 5.41) is 12.2. The zero-order valence-corrected chi connectivity index (χ0v) is 13.8. The highest BCUT2D eigenvalue weighted by Crippen LogP contribution is 2.44. The van der Waals surface area contributed by atoms with Crippen molar-refractivity contribution >= 4 is 12.0 Å². The lowest BCUT2D eigenvalue weighted by molar-refractivity contribution is -0.203. The van der Waals surface area contributed by atoms with Crippen LogP contribution in [0.1, 0.15) is 45.4 Å². The van der Waals surface area contributed by atoms with E-state index in [0.717, 1.165) is 25.7 Å². The number of hydrogen-bond donors (Lipinski definition) is 2. The molecular weight excluding hydrogens is 300 g/mol. The minimum atomic E-state index is -0.961. The Hall–Kier alpha value is -1.34. The first-order valence-corrected chi connectivity index (χ1v) is 8.49. The van der Waals surface area contributed by atoms with E-state index in [4.69, 9.17) is 9.47 Å². The molecule has 0 aromatic rings. The van der Waals surface area contributed by atoms with Crippen LogP contribution in [0.25, 0.3) is 0 Å². The Labute approximate surface area is 136 Å². The van der Waals surface area contributed by atoms with Crippen molar-refractivity contribution in [2.45, 2.75) is 69.4 Å². The summed E-state index contributed by atoms with van der Waals surface area (Å²) in [5.74, 6) is -0.865. The highest BCUT2D eigenvalue weighted by molar-refractivity contribution is 5.83. The van der Waals surface area contributed by atoms with Crippen LogP contribution < -0.4 is 5.32 Å². The van der Waals surface area contributed by atoms with Crippen molar-refractivity contribution in [3.05, 3.63) is 0 Å². The number of carbonyl (C=O) groups excluding carboxylic acids is 2. The van der Waals surface area contributed by atoms with E-state index in [-0.39, 0.29) is 36.8 Å². The maximum atomic E-state index is 12.7. The number of nitrogens with one attached hydrogen (secondary N) is 1. The molecule has 3 saturated heterocycles. The molecule has 0 aromatic carbocycles. The number of methoxy groups -OCH3 is 1. The fourth-order valence-electron chi connectivity index (χ4n) is 4.55. The lowest BCUT2D eigenvalue weighted by atomic mass is 9.80. The average Bonchev–Trinajstić information content (AvgIpc) is 2.91. The van der Waals surface area contributed by atoms with Gasteiger partial charge in [0.1, 0.15) is 5.92 Å². The second-order valence-electron chi connectivity index (χ2n) is 6.86. The van der Waals surface area contributed by atoms with Crippen LogP contribution in [0, 0.1) is 5.92 Å². The van der Waals surface area contributed by atoms with Gasteiger partial charge in [-0.1, -0.05) is 0 Å². The molecule has 3 aliphatic heterocycles. The monoisotopic (exact) mass is 326 g/mol. The molecule has 2 N–H and O–H groups in total. The summed E-state index contributed by atoms with van der Waals surface area (Å²) < 4.78 is 11.2. The zero-order valence-electron chi connectivity index (χ0n) is 13.8. The van der Waals surface area contributed by atoms with E-state index < -0.39 is 11.6 Å². The Morgan fingerprint density at radius 3 is 2.91 bits per heavy atom. The van der Waals surface area contributed by atoms with Crippen LogP contribution in [0.4, 0.5) is 4.79 Å². The second-order valence-corrected chi connectivity index (χ2v) is 6.86. The van der Waals surface area contributed by atoms with E-state index in [2.05, 4.69) is 5.32 Å². The van der Waals surface area contributed by atoms with E-state index in [1.165, 1.54) is 7.11 Å². The van der Waals surface area contributed by atoms with Crippen LogP contribution in [-0.2, 0) is 14.3 Å². The molecule has 23 heavy (non-hydrogen) atoms. The Morgan fingerprint density at radius 1 is 1.48 bits per heavy atom. The van der Waals surface area contributed by atoms with Gasteiger partial charge in [-0.15, -0.1) is 0 Å². The predicted molar refractivity (Wildman–Crippen MR) is 81.5 cm³/mol. The van der Waals surface area contributed by atoms with Gasteiger partial charge in [0.15, 0.2) is 5.72 Å². The fraction of sp³-hybridized carbons (Fsp3) is 0.875. The molecule has 7 nitrogen and oxygen atoms in total. The number of nitrogens with zero attached hydrogens (tertiary/aromatic N) is 1. The first-order chi connectivity index (χ1) is 11.0. The van der Waals surface area contributed by atoms with Crippen molar-refractivity contribution in [2.75, 3.05) is 13.7 Å². The van der Waals surface area contributed by atoms with E-state index in [9.17, 15) is 14.7 Å². The minimum Gasteiger partial charge on any atom is -0.469 e. The van der Waals surface area contributed by atoms with Crippen molar-refractivity contribution in [1.82, 2.24) is 10.2 Å². The summed E-state index contributed by atoms with van der Waals surface area (Å²) >= 11 is 0. The molecule has 130 valence electrons. The van der Waals surface area contributed by atoms with E-state index >= 15 is 0 Å². The summed E-state index contributed by atoms with van der Waals surface area (Å²) in [6, 6.07) is -0.450. The van der Waals surface area contributed by atoms with Gasteiger partial charge in [0.2, 0.25) is 0 Å². The minimum absolute atomic E-state index is 0.00241. The molecule has 3 heterocycles. The molecule has 2 amide bonds. The highest BCUT2D eigenvalue weighted by atomic mass is 16.5. The number of carbonyl (C=O) groups is 2. The summed E-state index contributed by atoms with van der Waals surface area (Å²) in [7, 11) is 1.38. The average molecular weight is 326 g/mol. The molecule has 0 bridgehead atoms. The van der Waals surface area contributed by atoms with Gasteiger partial charge in [-0.05, 0) is 45.4 Å². The SMILES string of the molecule is COC(=O)[C@H]1[C@@H]2CC[C@H](CCO)N2C(=O)N[C@]12CCC[C@H](C)O2. The quantitative estimate of drug-likeness (QED) is 0.756. The third-order valence-electron chi connectivity index (χ3n) is 5.47. The molecule has 0 aromatic heterocycles. The van der Waals surface area contributed by atoms with Crippen LogP contribution in [-0.4, -0.2) is 59.6 Å². The molecule has 0 aliphatic carbocycles.